The van der Waals surface area contributed by atoms with E-state index >= 15 is 0 Å². The fourth-order valence-electron chi connectivity index (χ4n) is 2.57. The van der Waals surface area contributed by atoms with E-state index in [1.165, 1.54) is 6.26 Å². The van der Waals surface area contributed by atoms with Crippen LogP contribution in [-0.2, 0) is 17.8 Å². The van der Waals surface area contributed by atoms with Gasteiger partial charge in [0.2, 0.25) is 5.91 Å². The van der Waals surface area contributed by atoms with Crippen LogP contribution in [0.5, 0.6) is 5.75 Å². The monoisotopic (exact) mass is 364 g/mol. The summed E-state index contributed by atoms with van der Waals surface area (Å²) >= 11 is 0. The molecule has 3 rings (SSSR count). The summed E-state index contributed by atoms with van der Waals surface area (Å²) in [5.74, 6) is 0.0481. The van der Waals surface area contributed by atoms with Gasteiger partial charge >= 0.3 is 0 Å². The normalized spacial score (nSPS) is 10.4. The van der Waals surface area contributed by atoms with Crippen LogP contribution in [0.4, 0.5) is 5.69 Å². The Morgan fingerprint density at radius 2 is 1.74 bits per heavy atom. The summed E-state index contributed by atoms with van der Waals surface area (Å²) in [5.41, 5.74) is 2.32. The lowest BCUT2D eigenvalue weighted by molar-refractivity contribution is -0.121. The third-order valence-corrected chi connectivity index (χ3v) is 4.06. The topological polar surface area (TPSA) is 91.6 Å². The molecule has 0 saturated carbocycles. The van der Waals surface area contributed by atoms with Gasteiger partial charge in [-0.25, -0.2) is 0 Å². The van der Waals surface area contributed by atoms with Crippen molar-refractivity contribution in [1.29, 1.82) is 0 Å². The summed E-state index contributed by atoms with van der Waals surface area (Å²) in [4.78, 5) is 23.9. The van der Waals surface area contributed by atoms with Gasteiger partial charge in [0.05, 0.1) is 6.26 Å². The highest BCUT2D eigenvalue weighted by Gasteiger charge is 2.09. The van der Waals surface area contributed by atoms with Gasteiger partial charge in [0, 0.05) is 18.7 Å². The maximum atomic E-state index is 12.0. The number of amides is 2. The van der Waals surface area contributed by atoms with Crippen molar-refractivity contribution in [3.8, 4) is 5.75 Å². The van der Waals surface area contributed by atoms with E-state index in [1.807, 2.05) is 18.2 Å². The molecule has 3 aromatic rings. The van der Waals surface area contributed by atoms with Crippen LogP contribution in [0.15, 0.2) is 71.3 Å². The number of aryl methyl sites for hydroxylation is 1. The van der Waals surface area contributed by atoms with Crippen molar-refractivity contribution >= 4 is 17.5 Å². The van der Waals surface area contributed by atoms with E-state index in [4.69, 9.17) is 4.42 Å². The van der Waals surface area contributed by atoms with Crippen molar-refractivity contribution in [2.75, 3.05) is 5.32 Å². The lowest BCUT2D eigenvalue weighted by Gasteiger charge is -2.08. The Morgan fingerprint density at radius 1 is 0.963 bits per heavy atom. The van der Waals surface area contributed by atoms with Gasteiger partial charge in [-0.05, 0) is 47.9 Å². The number of hydrogen-bond acceptors (Lipinski definition) is 4. The number of para-hydroxylation sites is 1. The highest BCUT2D eigenvalue weighted by Crippen LogP contribution is 2.17. The molecule has 0 bridgehead atoms. The Labute approximate surface area is 156 Å². The number of hydrogen-bond donors (Lipinski definition) is 3. The minimum atomic E-state index is -0.315. The first-order valence-electron chi connectivity index (χ1n) is 8.59. The fourth-order valence-corrected chi connectivity index (χ4v) is 2.57. The molecule has 0 saturated heterocycles. The molecule has 6 nitrogen and oxygen atoms in total. The summed E-state index contributed by atoms with van der Waals surface area (Å²) in [5, 5.41) is 15.3. The molecule has 0 aliphatic rings. The molecular weight excluding hydrogens is 344 g/mol. The van der Waals surface area contributed by atoms with Crippen LogP contribution in [0, 0.1) is 0 Å². The number of furan rings is 1. The molecule has 0 aliphatic heterocycles. The summed E-state index contributed by atoms with van der Waals surface area (Å²) in [6.07, 6.45) is 2.23. The molecule has 6 heteroatoms. The van der Waals surface area contributed by atoms with Crippen LogP contribution in [-0.4, -0.2) is 16.9 Å². The highest BCUT2D eigenvalue weighted by atomic mass is 16.3. The van der Waals surface area contributed by atoms with Gasteiger partial charge in [-0.1, -0.05) is 30.3 Å². The van der Waals surface area contributed by atoms with Crippen LogP contribution in [0.3, 0.4) is 0 Å². The highest BCUT2D eigenvalue weighted by molar-refractivity contribution is 6.02. The number of rotatable bonds is 7. The zero-order valence-corrected chi connectivity index (χ0v) is 14.6. The van der Waals surface area contributed by atoms with Crippen LogP contribution in [0.2, 0.25) is 0 Å². The van der Waals surface area contributed by atoms with Gasteiger partial charge in [-0.2, -0.15) is 0 Å². The van der Waals surface area contributed by atoms with Crippen molar-refractivity contribution in [1.82, 2.24) is 5.32 Å². The van der Waals surface area contributed by atoms with Crippen LogP contribution in [0.1, 0.15) is 28.1 Å². The minimum Gasteiger partial charge on any atom is -0.508 e. The fraction of sp³-hybridized carbons (Fsp3) is 0.143. The van der Waals surface area contributed by atoms with Crippen molar-refractivity contribution in [3.63, 3.8) is 0 Å². The molecule has 0 fully saturated rings. The predicted molar refractivity (Wildman–Crippen MR) is 101 cm³/mol. The third kappa shape index (κ3) is 5.22. The zero-order valence-electron chi connectivity index (χ0n) is 14.6. The molecule has 0 aliphatic carbocycles. The molecule has 0 radical (unpaired) electrons. The molecule has 1 aromatic heterocycles. The largest absolute Gasteiger partial charge is 0.508 e. The number of nitrogens with one attached hydrogen (secondary N) is 2. The maximum absolute atomic E-state index is 12.0. The second-order valence-electron chi connectivity index (χ2n) is 6.03. The molecular formula is C21H20N2O4. The molecule has 27 heavy (non-hydrogen) atoms. The average molecular weight is 364 g/mol. The number of phenolic OH excluding ortho intramolecular Hbond substituents is 1. The number of aromatic hydroxyl groups is 1. The second kappa shape index (κ2) is 8.71. The smallest absolute Gasteiger partial charge is 0.291 e. The minimum absolute atomic E-state index is 0.0894. The molecule has 1 heterocycles. The summed E-state index contributed by atoms with van der Waals surface area (Å²) < 4.78 is 5.04. The van der Waals surface area contributed by atoms with Crippen molar-refractivity contribution in [2.24, 2.45) is 0 Å². The molecule has 138 valence electrons. The van der Waals surface area contributed by atoms with Crippen molar-refractivity contribution < 1.29 is 19.1 Å². The first kappa shape index (κ1) is 18.3. The Balaban J connectivity index is 1.45. The van der Waals surface area contributed by atoms with Crippen molar-refractivity contribution in [3.05, 3.63) is 83.8 Å². The maximum Gasteiger partial charge on any atom is 0.291 e. The summed E-state index contributed by atoms with van der Waals surface area (Å²) in [7, 11) is 0. The van der Waals surface area contributed by atoms with E-state index in [-0.39, 0.29) is 23.3 Å². The van der Waals surface area contributed by atoms with Crippen LogP contribution < -0.4 is 10.6 Å². The van der Waals surface area contributed by atoms with E-state index in [0.29, 0.717) is 25.1 Å². The van der Waals surface area contributed by atoms with Gasteiger partial charge in [0.15, 0.2) is 5.76 Å². The zero-order chi connectivity index (χ0) is 19.1. The quantitative estimate of drug-likeness (QED) is 0.598. The Morgan fingerprint density at radius 3 is 2.44 bits per heavy atom. The predicted octanol–water partition coefficient (Wildman–Crippen LogP) is 3.49. The first-order chi connectivity index (χ1) is 13.1. The second-order valence-corrected chi connectivity index (χ2v) is 6.03. The van der Waals surface area contributed by atoms with E-state index in [9.17, 15) is 14.7 Å². The molecule has 2 aromatic carbocycles. The SMILES string of the molecule is O=C(CCc1ccccc1O)NCc1ccc(NC(=O)c2ccco2)cc1. The summed E-state index contributed by atoms with van der Waals surface area (Å²) in [6, 6.07) is 17.4. The number of anilines is 1. The van der Waals surface area contributed by atoms with E-state index in [0.717, 1.165) is 11.1 Å². The van der Waals surface area contributed by atoms with Gasteiger partial charge in [-0.3, -0.25) is 9.59 Å². The number of benzene rings is 2. The van der Waals surface area contributed by atoms with Gasteiger partial charge < -0.3 is 20.2 Å². The Bertz CT molecular complexity index is 902. The Kier molecular flexibility index (Phi) is 5.89. The van der Waals surface area contributed by atoms with Gasteiger partial charge in [-0.15, -0.1) is 0 Å². The molecule has 0 unspecified atom stereocenters. The lowest BCUT2D eigenvalue weighted by Crippen LogP contribution is -2.23. The first-order valence-corrected chi connectivity index (χ1v) is 8.59. The molecule has 3 N–H and O–H groups in total. The number of carbonyl (C=O) groups excluding carboxylic acids is 2. The Hall–Kier alpha value is -3.54. The van der Waals surface area contributed by atoms with Crippen molar-refractivity contribution in [2.45, 2.75) is 19.4 Å². The van der Waals surface area contributed by atoms with Gasteiger partial charge in [0.1, 0.15) is 5.75 Å². The number of carbonyl (C=O) groups is 2. The van der Waals surface area contributed by atoms with E-state index in [1.54, 1.807) is 42.5 Å². The lowest BCUT2D eigenvalue weighted by atomic mass is 10.1. The van der Waals surface area contributed by atoms with E-state index in [2.05, 4.69) is 10.6 Å². The van der Waals surface area contributed by atoms with Gasteiger partial charge in [0.25, 0.3) is 5.91 Å². The molecule has 2 amide bonds. The number of phenols is 1. The van der Waals surface area contributed by atoms with Crippen LogP contribution in [0.25, 0.3) is 0 Å². The average Bonchev–Trinajstić information content (AvgIpc) is 3.22. The van der Waals surface area contributed by atoms with E-state index < -0.39 is 0 Å². The van der Waals surface area contributed by atoms with Crippen LogP contribution >= 0.6 is 0 Å². The third-order valence-electron chi connectivity index (χ3n) is 4.06. The standard InChI is InChI=1S/C21H20N2O4/c24-18-5-2-1-4-16(18)9-12-20(25)22-14-15-7-10-17(11-8-15)23-21(26)19-6-3-13-27-19/h1-8,10-11,13,24H,9,12,14H2,(H,22,25)(H,23,26). The molecule has 0 atom stereocenters. The molecule has 0 spiro atoms. The summed E-state index contributed by atoms with van der Waals surface area (Å²) in [6.45, 7) is 0.395.